The van der Waals surface area contributed by atoms with Crippen molar-refractivity contribution in [2.24, 2.45) is 11.3 Å². The van der Waals surface area contributed by atoms with E-state index < -0.39 is 0 Å². The van der Waals surface area contributed by atoms with Crippen molar-refractivity contribution in [1.82, 2.24) is 10.2 Å². The van der Waals surface area contributed by atoms with Gasteiger partial charge in [0.1, 0.15) is 0 Å². The highest BCUT2D eigenvalue weighted by atomic mass is 16.5. The van der Waals surface area contributed by atoms with Crippen molar-refractivity contribution in [3.63, 3.8) is 0 Å². The van der Waals surface area contributed by atoms with Gasteiger partial charge in [-0.3, -0.25) is 0 Å². The Bertz CT molecular complexity index is 260. The maximum Gasteiger partial charge on any atom is 0.0546 e. The molecule has 0 aromatic heterocycles. The zero-order valence-corrected chi connectivity index (χ0v) is 13.6. The zero-order valence-electron chi connectivity index (χ0n) is 13.6. The Morgan fingerprint density at radius 1 is 1.25 bits per heavy atom. The van der Waals surface area contributed by atoms with E-state index in [2.05, 4.69) is 24.1 Å². The summed E-state index contributed by atoms with van der Waals surface area (Å²) in [4.78, 5) is 2.69. The lowest BCUT2D eigenvalue weighted by Gasteiger charge is -2.42. The summed E-state index contributed by atoms with van der Waals surface area (Å²) in [5.41, 5.74) is 0.354. The predicted molar refractivity (Wildman–Crippen MR) is 85.1 cm³/mol. The topological polar surface area (TPSA) is 24.5 Å². The molecule has 0 aromatic carbocycles. The van der Waals surface area contributed by atoms with Crippen LogP contribution in [-0.4, -0.2) is 50.8 Å². The second-order valence-electron chi connectivity index (χ2n) is 6.96. The van der Waals surface area contributed by atoms with E-state index in [1.54, 1.807) is 0 Å². The van der Waals surface area contributed by atoms with Crippen molar-refractivity contribution < 1.29 is 4.74 Å². The normalized spacial score (nSPS) is 27.8. The molecule has 0 radical (unpaired) electrons. The molecule has 0 spiro atoms. The lowest BCUT2D eigenvalue weighted by molar-refractivity contribution is -0.0290. The summed E-state index contributed by atoms with van der Waals surface area (Å²) in [6.07, 6.45) is 8.13. The summed E-state index contributed by atoms with van der Waals surface area (Å²) >= 11 is 0. The molecule has 2 rings (SSSR count). The summed E-state index contributed by atoms with van der Waals surface area (Å²) in [6.45, 7) is 12.4. The largest absolute Gasteiger partial charge is 0.381 e. The van der Waals surface area contributed by atoms with Crippen LogP contribution >= 0.6 is 0 Å². The molecule has 1 heterocycles. The Morgan fingerprint density at radius 3 is 2.65 bits per heavy atom. The molecule has 2 aliphatic rings. The SMILES string of the molecule is CCCNCC1(CN(CC)CC2CCC2)CCCOC1. The Morgan fingerprint density at radius 2 is 2.10 bits per heavy atom. The van der Waals surface area contributed by atoms with E-state index in [1.165, 1.54) is 58.2 Å². The summed E-state index contributed by atoms with van der Waals surface area (Å²) in [7, 11) is 0. The molecule has 1 atom stereocenters. The predicted octanol–water partition coefficient (Wildman–Crippen LogP) is 2.90. The smallest absolute Gasteiger partial charge is 0.0546 e. The molecule has 1 aliphatic heterocycles. The van der Waals surface area contributed by atoms with Crippen LogP contribution in [0.3, 0.4) is 0 Å². The number of hydrogen-bond donors (Lipinski definition) is 1. The van der Waals surface area contributed by atoms with Crippen LogP contribution in [-0.2, 0) is 4.74 Å². The minimum Gasteiger partial charge on any atom is -0.381 e. The van der Waals surface area contributed by atoms with Crippen LogP contribution in [0.5, 0.6) is 0 Å². The van der Waals surface area contributed by atoms with E-state index in [-0.39, 0.29) is 0 Å². The first-order valence-corrected chi connectivity index (χ1v) is 8.79. The fourth-order valence-corrected chi connectivity index (χ4v) is 3.58. The number of nitrogens with zero attached hydrogens (tertiary/aromatic N) is 1. The summed E-state index contributed by atoms with van der Waals surface area (Å²) in [6, 6.07) is 0. The van der Waals surface area contributed by atoms with Gasteiger partial charge in [0.05, 0.1) is 6.61 Å². The Hall–Kier alpha value is -0.120. The van der Waals surface area contributed by atoms with Crippen molar-refractivity contribution in [2.45, 2.75) is 52.4 Å². The molecule has 0 amide bonds. The first kappa shape index (κ1) is 16.3. The van der Waals surface area contributed by atoms with E-state index in [4.69, 9.17) is 4.74 Å². The third-order valence-corrected chi connectivity index (χ3v) is 5.08. The van der Waals surface area contributed by atoms with Gasteiger partial charge in [-0.15, -0.1) is 0 Å². The average Bonchev–Trinajstić information content (AvgIpc) is 2.43. The minimum absolute atomic E-state index is 0.354. The molecule has 118 valence electrons. The summed E-state index contributed by atoms with van der Waals surface area (Å²) in [5, 5.41) is 3.65. The fourth-order valence-electron chi connectivity index (χ4n) is 3.58. The molecule has 3 heteroatoms. The van der Waals surface area contributed by atoms with Crippen molar-refractivity contribution in [3.8, 4) is 0 Å². The van der Waals surface area contributed by atoms with Gasteiger partial charge in [0, 0.05) is 31.7 Å². The Balaban J connectivity index is 1.86. The van der Waals surface area contributed by atoms with Gasteiger partial charge in [-0.2, -0.15) is 0 Å². The second kappa shape index (κ2) is 8.35. The average molecular weight is 282 g/mol. The highest BCUT2D eigenvalue weighted by molar-refractivity contribution is 4.88. The molecule has 0 bridgehead atoms. The van der Waals surface area contributed by atoms with Gasteiger partial charge in [0.25, 0.3) is 0 Å². The molecular weight excluding hydrogens is 248 g/mol. The highest BCUT2D eigenvalue weighted by Gasteiger charge is 2.35. The monoisotopic (exact) mass is 282 g/mol. The quantitative estimate of drug-likeness (QED) is 0.658. The molecular formula is C17H34N2O. The van der Waals surface area contributed by atoms with Gasteiger partial charge >= 0.3 is 0 Å². The Labute approximate surface area is 125 Å². The van der Waals surface area contributed by atoms with Gasteiger partial charge in [0.15, 0.2) is 0 Å². The van der Waals surface area contributed by atoms with Crippen LogP contribution in [0, 0.1) is 11.3 Å². The van der Waals surface area contributed by atoms with Crippen LogP contribution in [0.2, 0.25) is 0 Å². The molecule has 1 unspecified atom stereocenters. The van der Waals surface area contributed by atoms with Crippen molar-refractivity contribution >= 4 is 0 Å². The van der Waals surface area contributed by atoms with Crippen LogP contribution in [0.15, 0.2) is 0 Å². The third-order valence-electron chi connectivity index (χ3n) is 5.08. The zero-order chi connectivity index (χ0) is 14.3. The molecule has 1 aliphatic carbocycles. The van der Waals surface area contributed by atoms with Crippen molar-refractivity contribution in [1.29, 1.82) is 0 Å². The highest BCUT2D eigenvalue weighted by Crippen LogP contribution is 2.32. The first-order valence-electron chi connectivity index (χ1n) is 8.79. The van der Waals surface area contributed by atoms with Gasteiger partial charge < -0.3 is 15.0 Å². The standard InChI is InChI=1S/C17H34N2O/c1-3-10-18-13-17(9-6-11-20-15-17)14-19(4-2)12-16-7-5-8-16/h16,18H,3-15H2,1-2H3. The summed E-state index contributed by atoms with van der Waals surface area (Å²) < 4.78 is 5.84. The number of ether oxygens (including phenoxy) is 1. The van der Waals surface area contributed by atoms with Gasteiger partial charge in [0.2, 0.25) is 0 Å². The van der Waals surface area contributed by atoms with E-state index in [0.717, 1.165) is 32.2 Å². The first-order chi connectivity index (χ1) is 9.78. The number of rotatable bonds is 9. The Kier molecular flexibility index (Phi) is 6.79. The lowest BCUT2D eigenvalue weighted by atomic mass is 9.80. The molecule has 20 heavy (non-hydrogen) atoms. The van der Waals surface area contributed by atoms with E-state index in [1.807, 2.05) is 0 Å². The maximum atomic E-state index is 5.84. The minimum atomic E-state index is 0.354. The fraction of sp³-hybridized carbons (Fsp3) is 1.00. The molecule has 2 fully saturated rings. The molecule has 1 saturated heterocycles. The molecule has 1 N–H and O–H groups in total. The second-order valence-corrected chi connectivity index (χ2v) is 6.96. The molecule has 1 saturated carbocycles. The number of hydrogen-bond acceptors (Lipinski definition) is 3. The van der Waals surface area contributed by atoms with Crippen LogP contribution in [0.1, 0.15) is 52.4 Å². The van der Waals surface area contributed by atoms with Gasteiger partial charge in [-0.05, 0) is 51.1 Å². The van der Waals surface area contributed by atoms with E-state index in [9.17, 15) is 0 Å². The van der Waals surface area contributed by atoms with Crippen LogP contribution in [0.25, 0.3) is 0 Å². The van der Waals surface area contributed by atoms with Gasteiger partial charge in [-0.25, -0.2) is 0 Å². The van der Waals surface area contributed by atoms with Crippen LogP contribution < -0.4 is 5.32 Å². The van der Waals surface area contributed by atoms with Crippen molar-refractivity contribution in [2.75, 3.05) is 45.9 Å². The van der Waals surface area contributed by atoms with Crippen molar-refractivity contribution in [3.05, 3.63) is 0 Å². The summed E-state index contributed by atoms with van der Waals surface area (Å²) in [5.74, 6) is 0.972. The van der Waals surface area contributed by atoms with Gasteiger partial charge in [-0.1, -0.05) is 20.3 Å². The molecule has 3 nitrogen and oxygen atoms in total. The third kappa shape index (κ3) is 4.71. The lowest BCUT2D eigenvalue weighted by Crippen LogP contribution is -2.50. The maximum absolute atomic E-state index is 5.84. The molecule has 0 aromatic rings. The number of nitrogens with one attached hydrogen (secondary N) is 1. The van der Waals surface area contributed by atoms with E-state index >= 15 is 0 Å². The van der Waals surface area contributed by atoms with Crippen LogP contribution in [0.4, 0.5) is 0 Å². The van der Waals surface area contributed by atoms with E-state index in [0.29, 0.717) is 5.41 Å².